The molecular weight excluding hydrogens is 325 g/mol. The van der Waals surface area contributed by atoms with Crippen LogP contribution in [0.25, 0.3) is 0 Å². The van der Waals surface area contributed by atoms with Crippen molar-refractivity contribution in [3.8, 4) is 0 Å². The Balaban J connectivity index is 1.73. The third kappa shape index (κ3) is 4.72. The predicted octanol–water partition coefficient (Wildman–Crippen LogP) is 3.71. The van der Waals surface area contributed by atoms with Gasteiger partial charge in [-0.2, -0.15) is 0 Å². The minimum Gasteiger partial charge on any atom is -0.389 e. The highest BCUT2D eigenvalue weighted by Crippen LogP contribution is 2.25. The minimum absolute atomic E-state index is 0.270. The molecule has 0 amide bonds. The number of nitrogens with one attached hydrogen (secondary N) is 1. The molecule has 1 saturated carbocycles. The highest BCUT2D eigenvalue weighted by Gasteiger charge is 2.16. The summed E-state index contributed by atoms with van der Waals surface area (Å²) in [4.78, 5) is 0. The van der Waals surface area contributed by atoms with Crippen molar-refractivity contribution in [1.29, 1.82) is 0 Å². The van der Waals surface area contributed by atoms with Crippen LogP contribution in [-0.2, 0) is 4.74 Å². The summed E-state index contributed by atoms with van der Waals surface area (Å²) in [6.07, 6.45) is 5.51. The van der Waals surface area contributed by atoms with Gasteiger partial charge < -0.3 is 15.2 Å². The fourth-order valence-electron chi connectivity index (χ4n) is 2.42. The van der Waals surface area contributed by atoms with Crippen molar-refractivity contribution in [2.75, 3.05) is 18.5 Å². The van der Waals surface area contributed by atoms with Crippen LogP contribution < -0.4 is 5.32 Å². The van der Waals surface area contributed by atoms with Gasteiger partial charge in [0.2, 0.25) is 0 Å². The number of anilines is 1. The van der Waals surface area contributed by atoms with Gasteiger partial charge in [-0.3, -0.25) is 0 Å². The molecule has 2 N–H and O–H groups in total. The Hall–Kier alpha value is -0.650. The van der Waals surface area contributed by atoms with Crippen LogP contribution in [0.5, 0.6) is 0 Å². The van der Waals surface area contributed by atoms with Crippen molar-refractivity contribution in [2.24, 2.45) is 0 Å². The lowest BCUT2D eigenvalue weighted by Crippen LogP contribution is -2.29. The molecule has 0 aliphatic heterocycles. The second-order valence-corrected chi connectivity index (χ2v) is 6.08. The van der Waals surface area contributed by atoms with E-state index in [-0.39, 0.29) is 18.5 Å². The highest BCUT2D eigenvalue weighted by atomic mass is 79.9. The standard InChI is InChI=1S/C15H21BrFNO2/c16-13-7-4-8-14(17)15(13)18-9-11(19)10-20-12-5-2-1-3-6-12/h4,7-8,11-12,18-19H,1-3,5-6,9-10H2. The molecule has 0 radical (unpaired) electrons. The summed E-state index contributed by atoms with van der Waals surface area (Å²) in [6.45, 7) is 0.565. The maximum Gasteiger partial charge on any atom is 0.147 e. The molecule has 0 spiro atoms. The van der Waals surface area contributed by atoms with E-state index in [1.54, 1.807) is 12.1 Å². The number of aliphatic hydroxyl groups excluding tert-OH is 1. The highest BCUT2D eigenvalue weighted by molar-refractivity contribution is 9.10. The van der Waals surface area contributed by atoms with E-state index in [1.165, 1.54) is 25.3 Å². The van der Waals surface area contributed by atoms with E-state index in [4.69, 9.17) is 4.74 Å². The minimum atomic E-state index is -0.636. The molecule has 1 aliphatic carbocycles. The van der Waals surface area contributed by atoms with Crippen molar-refractivity contribution in [3.05, 3.63) is 28.5 Å². The third-order valence-corrected chi connectivity index (χ3v) is 4.21. The Morgan fingerprint density at radius 2 is 2.10 bits per heavy atom. The van der Waals surface area contributed by atoms with Gasteiger partial charge in [-0.25, -0.2) is 4.39 Å². The van der Waals surface area contributed by atoms with E-state index in [0.29, 0.717) is 16.8 Å². The van der Waals surface area contributed by atoms with Gasteiger partial charge in [0.05, 0.1) is 24.5 Å². The molecular formula is C15H21BrFNO2. The van der Waals surface area contributed by atoms with Crippen molar-refractivity contribution >= 4 is 21.6 Å². The number of rotatable bonds is 6. The number of hydrogen-bond acceptors (Lipinski definition) is 3. The van der Waals surface area contributed by atoms with Crippen molar-refractivity contribution < 1.29 is 14.2 Å². The van der Waals surface area contributed by atoms with E-state index in [1.807, 2.05) is 0 Å². The summed E-state index contributed by atoms with van der Waals surface area (Å²) in [5.74, 6) is -0.334. The molecule has 1 aromatic carbocycles. The monoisotopic (exact) mass is 345 g/mol. The van der Waals surface area contributed by atoms with Crippen LogP contribution in [0.15, 0.2) is 22.7 Å². The van der Waals surface area contributed by atoms with Gasteiger partial charge in [-0.1, -0.05) is 25.3 Å². The normalized spacial score (nSPS) is 17.9. The Morgan fingerprint density at radius 3 is 2.80 bits per heavy atom. The number of benzene rings is 1. The van der Waals surface area contributed by atoms with Gasteiger partial charge in [-0.05, 0) is 40.9 Å². The zero-order valence-corrected chi connectivity index (χ0v) is 13.0. The second kappa shape index (κ2) is 7.96. The first-order valence-corrected chi connectivity index (χ1v) is 7.93. The Labute approximate surface area is 127 Å². The molecule has 1 unspecified atom stereocenters. The first kappa shape index (κ1) is 15.7. The summed E-state index contributed by atoms with van der Waals surface area (Å²) < 4.78 is 19.9. The maximum atomic E-state index is 13.6. The lowest BCUT2D eigenvalue weighted by molar-refractivity contribution is -0.0195. The summed E-state index contributed by atoms with van der Waals surface area (Å²) in [7, 11) is 0. The third-order valence-electron chi connectivity index (χ3n) is 3.55. The van der Waals surface area contributed by atoms with Crippen LogP contribution in [0.3, 0.4) is 0 Å². The predicted molar refractivity (Wildman–Crippen MR) is 81.4 cm³/mol. The lowest BCUT2D eigenvalue weighted by Gasteiger charge is -2.23. The van der Waals surface area contributed by atoms with E-state index < -0.39 is 6.10 Å². The fraction of sp³-hybridized carbons (Fsp3) is 0.600. The number of hydrogen-bond donors (Lipinski definition) is 2. The zero-order chi connectivity index (χ0) is 14.4. The number of aliphatic hydroxyl groups is 1. The van der Waals surface area contributed by atoms with Gasteiger partial charge in [0.1, 0.15) is 5.82 Å². The molecule has 20 heavy (non-hydrogen) atoms. The topological polar surface area (TPSA) is 41.5 Å². The van der Waals surface area contributed by atoms with Crippen LogP contribution in [0.4, 0.5) is 10.1 Å². The van der Waals surface area contributed by atoms with Gasteiger partial charge in [0.25, 0.3) is 0 Å². The zero-order valence-electron chi connectivity index (χ0n) is 11.4. The van der Waals surface area contributed by atoms with Crippen molar-refractivity contribution in [3.63, 3.8) is 0 Å². The molecule has 3 nitrogen and oxygen atoms in total. The Kier molecular flexibility index (Phi) is 6.26. The van der Waals surface area contributed by atoms with Gasteiger partial charge in [0.15, 0.2) is 0 Å². The molecule has 0 bridgehead atoms. The van der Waals surface area contributed by atoms with Crippen molar-refractivity contribution in [1.82, 2.24) is 0 Å². The number of halogens is 2. The van der Waals surface area contributed by atoms with Crippen LogP contribution in [-0.4, -0.2) is 30.5 Å². The average molecular weight is 346 g/mol. The first-order chi connectivity index (χ1) is 9.66. The molecule has 0 saturated heterocycles. The summed E-state index contributed by atoms with van der Waals surface area (Å²) >= 11 is 3.28. The quantitative estimate of drug-likeness (QED) is 0.825. The molecule has 0 heterocycles. The summed E-state index contributed by atoms with van der Waals surface area (Å²) in [6, 6.07) is 4.78. The van der Waals surface area contributed by atoms with Gasteiger partial charge in [-0.15, -0.1) is 0 Å². The average Bonchev–Trinajstić information content (AvgIpc) is 2.46. The molecule has 2 rings (SSSR count). The summed E-state index contributed by atoms with van der Waals surface area (Å²) in [5, 5.41) is 12.8. The largest absolute Gasteiger partial charge is 0.389 e. The van der Waals surface area contributed by atoms with Crippen LogP contribution >= 0.6 is 15.9 Å². The summed E-state index contributed by atoms with van der Waals surface area (Å²) in [5.41, 5.74) is 0.379. The van der Waals surface area contributed by atoms with Gasteiger partial charge >= 0.3 is 0 Å². The van der Waals surface area contributed by atoms with E-state index in [2.05, 4.69) is 21.2 Å². The Morgan fingerprint density at radius 1 is 1.35 bits per heavy atom. The molecule has 112 valence electrons. The molecule has 1 atom stereocenters. The van der Waals surface area contributed by atoms with Crippen LogP contribution in [0.1, 0.15) is 32.1 Å². The SMILES string of the molecule is OC(CNc1c(F)cccc1Br)COC1CCCCC1. The van der Waals surface area contributed by atoms with Crippen LogP contribution in [0, 0.1) is 5.82 Å². The molecule has 5 heteroatoms. The maximum absolute atomic E-state index is 13.6. The molecule has 1 aliphatic rings. The van der Waals surface area contributed by atoms with Crippen LogP contribution in [0.2, 0.25) is 0 Å². The molecule has 0 aromatic heterocycles. The van der Waals surface area contributed by atoms with Gasteiger partial charge in [0, 0.05) is 11.0 Å². The van der Waals surface area contributed by atoms with E-state index in [0.717, 1.165) is 12.8 Å². The van der Waals surface area contributed by atoms with E-state index >= 15 is 0 Å². The van der Waals surface area contributed by atoms with Crippen molar-refractivity contribution in [2.45, 2.75) is 44.3 Å². The smallest absolute Gasteiger partial charge is 0.147 e. The van der Waals surface area contributed by atoms with E-state index in [9.17, 15) is 9.50 Å². The second-order valence-electron chi connectivity index (χ2n) is 5.22. The first-order valence-electron chi connectivity index (χ1n) is 7.14. The number of para-hydroxylation sites is 1. The lowest BCUT2D eigenvalue weighted by atomic mass is 9.98. The fourth-order valence-corrected chi connectivity index (χ4v) is 2.91. The molecule has 1 aromatic rings. The molecule has 1 fully saturated rings. The Bertz CT molecular complexity index is 404. The number of ether oxygens (including phenoxy) is 1.